The summed E-state index contributed by atoms with van der Waals surface area (Å²) in [4.78, 5) is 22.8. The molecule has 0 saturated carbocycles. The highest BCUT2D eigenvalue weighted by Gasteiger charge is 2.28. The number of nitrogens with zero attached hydrogens (tertiary/aromatic N) is 1. The number of nitrogens with one attached hydrogen (secondary N) is 1. The molecule has 0 rings (SSSR count). The summed E-state index contributed by atoms with van der Waals surface area (Å²) in [5, 5.41) is 13.7. The quantitative estimate of drug-likeness (QED) is 0.0325. The summed E-state index contributed by atoms with van der Waals surface area (Å²) in [6, 6.07) is -0.756. The average Bonchev–Trinajstić information content (AvgIpc) is 2.92. The first-order valence-electron chi connectivity index (χ1n) is 17.1. The van der Waals surface area contributed by atoms with E-state index in [4.69, 9.17) is 9.05 Å². The Balaban J connectivity index is 4.48. The highest BCUT2D eigenvalue weighted by Crippen LogP contribution is 2.43. The van der Waals surface area contributed by atoms with Gasteiger partial charge in [-0.05, 0) is 38.5 Å². The van der Waals surface area contributed by atoms with Crippen LogP contribution in [0.3, 0.4) is 0 Å². The van der Waals surface area contributed by atoms with E-state index in [9.17, 15) is 19.4 Å². The van der Waals surface area contributed by atoms with Crippen molar-refractivity contribution >= 4 is 13.7 Å². The second kappa shape index (κ2) is 26.6. The van der Waals surface area contributed by atoms with Gasteiger partial charge in [-0.2, -0.15) is 0 Å². The van der Waals surface area contributed by atoms with Gasteiger partial charge in [-0.15, -0.1) is 0 Å². The average molecular weight is 620 g/mol. The maximum absolute atomic E-state index is 12.7. The van der Waals surface area contributed by atoms with Crippen LogP contribution in [0.2, 0.25) is 0 Å². The van der Waals surface area contributed by atoms with E-state index < -0.39 is 20.0 Å². The maximum Gasteiger partial charge on any atom is 0.472 e. The molecule has 0 aromatic rings. The van der Waals surface area contributed by atoms with Crippen LogP contribution in [0.5, 0.6) is 0 Å². The molecule has 3 N–H and O–H groups in total. The van der Waals surface area contributed by atoms with Crippen molar-refractivity contribution < 1.29 is 32.9 Å². The number of allylic oxidation sites excluding steroid dienone is 2. The molecular weight excluding hydrogens is 551 g/mol. The summed E-state index contributed by atoms with van der Waals surface area (Å²) in [6.45, 7) is 4.78. The van der Waals surface area contributed by atoms with Gasteiger partial charge in [0.05, 0.1) is 39.9 Å². The minimum absolute atomic E-state index is 0.0736. The van der Waals surface area contributed by atoms with Gasteiger partial charge >= 0.3 is 7.82 Å². The number of likely N-dealkylation sites (N-methyl/N-ethyl adjacent to an activating group) is 1. The molecule has 3 unspecified atom stereocenters. The normalized spacial score (nSPS) is 15.1. The molecule has 9 heteroatoms. The van der Waals surface area contributed by atoms with E-state index in [1.165, 1.54) is 64.2 Å². The molecule has 0 spiro atoms. The van der Waals surface area contributed by atoms with E-state index in [0.717, 1.165) is 51.4 Å². The number of aliphatic hydroxyl groups is 1. The lowest BCUT2D eigenvalue weighted by atomic mass is 10.0. The summed E-state index contributed by atoms with van der Waals surface area (Å²) < 4.78 is 23.3. The van der Waals surface area contributed by atoms with Crippen LogP contribution in [0.25, 0.3) is 0 Å². The monoisotopic (exact) mass is 619 g/mol. The third-order valence-corrected chi connectivity index (χ3v) is 8.50. The van der Waals surface area contributed by atoms with Crippen LogP contribution < -0.4 is 5.32 Å². The highest BCUT2D eigenvalue weighted by molar-refractivity contribution is 7.47. The number of phosphoric ester groups is 1. The van der Waals surface area contributed by atoms with Crippen molar-refractivity contribution in [3.8, 4) is 0 Å². The Morgan fingerprint density at radius 1 is 0.786 bits per heavy atom. The zero-order chi connectivity index (χ0) is 31.5. The van der Waals surface area contributed by atoms with Gasteiger partial charge in [-0.25, -0.2) is 4.57 Å². The molecule has 0 aromatic carbocycles. The van der Waals surface area contributed by atoms with Gasteiger partial charge in [0.15, 0.2) is 0 Å². The number of quaternary nitrogens is 1. The van der Waals surface area contributed by atoms with Crippen LogP contribution in [-0.4, -0.2) is 73.4 Å². The van der Waals surface area contributed by atoms with Crippen LogP contribution in [0.4, 0.5) is 0 Å². The Labute approximate surface area is 259 Å². The van der Waals surface area contributed by atoms with Gasteiger partial charge in [-0.1, -0.05) is 109 Å². The number of carbonyl (C=O) groups excluding carboxylic acids is 1. The van der Waals surface area contributed by atoms with Crippen molar-refractivity contribution in [1.82, 2.24) is 5.32 Å². The Morgan fingerprint density at radius 3 is 1.86 bits per heavy atom. The maximum atomic E-state index is 12.7. The van der Waals surface area contributed by atoms with Crippen molar-refractivity contribution in [2.45, 2.75) is 154 Å². The van der Waals surface area contributed by atoms with Gasteiger partial charge in [0, 0.05) is 6.42 Å². The molecule has 3 atom stereocenters. The summed E-state index contributed by atoms with van der Waals surface area (Å²) in [6.07, 6.45) is 25.3. The number of rotatable bonds is 30. The highest BCUT2D eigenvalue weighted by atomic mass is 31.2. The SMILES string of the molecule is CCCCCC/C=C\CCCCCCCC(=O)NC(COP(=O)(O)OCC[N+](C)(C)C)C(O)CCCCCCCCC. The number of hydrogen-bond donors (Lipinski definition) is 3. The number of unbranched alkanes of at least 4 members (excludes halogenated alkanes) is 15. The van der Waals surface area contributed by atoms with Gasteiger partial charge in [0.25, 0.3) is 0 Å². The largest absolute Gasteiger partial charge is 0.472 e. The lowest BCUT2D eigenvalue weighted by Gasteiger charge is -2.26. The first kappa shape index (κ1) is 41.2. The molecule has 8 nitrogen and oxygen atoms in total. The third kappa shape index (κ3) is 28.0. The lowest BCUT2D eigenvalue weighted by molar-refractivity contribution is -0.870. The van der Waals surface area contributed by atoms with E-state index in [1.807, 2.05) is 21.1 Å². The summed E-state index contributed by atoms with van der Waals surface area (Å²) in [7, 11) is 1.60. The minimum atomic E-state index is -4.29. The van der Waals surface area contributed by atoms with Gasteiger partial charge in [0.2, 0.25) is 5.91 Å². The fraction of sp³-hybridized carbons (Fsp3) is 0.909. The number of hydrogen-bond acceptors (Lipinski definition) is 5. The van der Waals surface area contributed by atoms with Crippen LogP contribution in [0, 0.1) is 0 Å². The molecule has 250 valence electrons. The fourth-order valence-corrected chi connectivity index (χ4v) is 5.42. The zero-order valence-corrected chi connectivity index (χ0v) is 28.9. The Hall–Kier alpha value is -0.760. The topological polar surface area (TPSA) is 105 Å². The van der Waals surface area contributed by atoms with Crippen molar-refractivity contribution in [3.63, 3.8) is 0 Å². The molecule has 0 radical (unpaired) electrons. The Morgan fingerprint density at radius 2 is 1.29 bits per heavy atom. The Bertz CT molecular complexity index is 713. The van der Waals surface area contributed by atoms with Gasteiger partial charge < -0.3 is 19.8 Å². The minimum Gasteiger partial charge on any atom is -0.391 e. The number of aliphatic hydroxyl groups excluding tert-OH is 1. The van der Waals surface area contributed by atoms with Gasteiger partial charge in [0.1, 0.15) is 13.2 Å². The van der Waals surface area contributed by atoms with Crippen molar-refractivity contribution in [2.24, 2.45) is 0 Å². The zero-order valence-electron chi connectivity index (χ0n) is 28.0. The molecular formula is C33H68N2O6P+. The van der Waals surface area contributed by atoms with Crippen LogP contribution >= 0.6 is 7.82 Å². The third-order valence-electron chi connectivity index (χ3n) is 7.51. The number of amides is 1. The molecule has 42 heavy (non-hydrogen) atoms. The second-order valence-corrected chi connectivity index (χ2v) is 14.3. The summed E-state index contributed by atoms with van der Waals surface area (Å²) in [5.41, 5.74) is 0. The van der Waals surface area contributed by atoms with Crippen molar-refractivity contribution in [2.75, 3.05) is 40.9 Å². The molecule has 0 aliphatic rings. The van der Waals surface area contributed by atoms with Crippen LogP contribution in [0.15, 0.2) is 12.2 Å². The van der Waals surface area contributed by atoms with Crippen molar-refractivity contribution in [1.29, 1.82) is 0 Å². The van der Waals surface area contributed by atoms with E-state index in [2.05, 4.69) is 31.3 Å². The molecule has 0 bridgehead atoms. The van der Waals surface area contributed by atoms with Gasteiger partial charge in [-0.3, -0.25) is 13.8 Å². The number of carbonyl (C=O) groups is 1. The fourth-order valence-electron chi connectivity index (χ4n) is 4.68. The smallest absolute Gasteiger partial charge is 0.391 e. The van der Waals surface area contributed by atoms with E-state index in [0.29, 0.717) is 23.9 Å². The van der Waals surface area contributed by atoms with E-state index in [1.54, 1.807) is 0 Å². The molecule has 1 amide bonds. The first-order chi connectivity index (χ1) is 20.0. The molecule has 0 aromatic heterocycles. The molecule has 0 aliphatic heterocycles. The lowest BCUT2D eigenvalue weighted by Crippen LogP contribution is -2.46. The summed E-state index contributed by atoms with van der Waals surface area (Å²) in [5.74, 6) is -0.160. The molecule has 0 fully saturated rings. The first-order valence-corrected chi connectivity index (χ1v) is 18.5. The number of phosphoric acid groups is 1. The standard InChI is InChI=1S/C33H67N2O6P/c1-6-8-10-12-14-15-16-17-18-19-21-23-25-27-33(37)34-31(32(36)26-24-22-20-13-11-9-7-2)30-41-42(38,39)40-29-28-35(3,4)5/h15-16,31-32,36H,6-14,17-30H2,1-5H3,(H-,34,37,38,39)/p+1/b16-15-. The van der Waals surface area contributed by atoms with E-state index >= 15 is 0 Å². The molecule has 0 aliphatic carbocycles. The predicted octanol–water partition coefficient (Wildman–Crippen LogP) is 8.07. The Kier molecular flexibility index (Phi) is 26.1. The van der Waals surface area contributed by atoms with Crippen LogP contribution in [0.1, 0.15) is 142 Å². The van der Waals surface area contributed by atoms with E-state index in [-0.39, 0.29) is 19.1 Å². The predicted molar refractivity (Wildman–Crippen MR) is 175 cm³/mol. The van der Waals surface area contributed by atoms with Crippen LogP contribution in [-0.2, 0) is 18.4 Å². The molecule has 0 saturated heterocycles. The van der Waals surface area contributed by atoms with Crippen molar-refractivity contribution in [3.05, 3.63) is 12.2 Å². The second-order valence-electron chi connectivity index (χ2n) is 12.9. The molecule has 0 heterocycles. The summed E-state index contributed by atoms with van der Waals surface area (Å²) >= 11 is 0.